The van der Waals surface area contributed by atoms with Crippen molar-refractivity contribution in [2.24, 2.45) is 0 Å². The number of alkyl halides is 3. The van der Waals surface area contributed by atoms with Crippen LogP contribution in [0.15, 0.2) is 61.1 Å². The lowest BCUT2D eigenvalue weighted by Crippen LogP contribution is -2.35. The molecule has 1 unspecified atom stereocenters. The molecule has 0 radical (unpaired) electrons. The van der Waals surface area contributed by atoms with Crippen LogP contribution < -0.4 is 10.6 Å². The Bertz CT molecular complexity index is 1960. The number of fused-ring (bicyclic) bond motifs is 1. The van der Waals surface area contributed by atoms with Gasteiger partial charge in [0.05, 0.1) is 47.3 Å². The fourth-order valence-corrected chi connectivity index (χ4v) is 4.85. The molecule has 3 aromatic heterocycles. The van der Waals surface area contributed by atoms with Crippen LogP contribution in [0.25, 0.3) is 10.9 Å². The van der Waals surface area contributed by atoms with E-state index in [1.807, 2.05) is 6.07 Å². The Morgan fingerprint density at radius 2 is 1.79 bits per heavy atom. The summed E-state index contributed by atoms with van der Waals surface area (Å²) in [5, 5.41) is 23.3. The first-order valence-electron chi connectivity index (χ1n) is 13.0. The number of benzene rings is 2. The molecule has 2 N–H and O–H groups in total. The summed E-state index contributed by atoms with van der Waals surface area (Å²) in [6, 6.07) is 8.20. The van der Waals surface area contributed by atoms with E-state index in [0.717, 1.165) is 30.6 Å². The number of hydrogen-bond donors (Lipinski definition) is 2. The third kappa shape index (κ3) is 5.16. The summed E-state index contributed by atoms with van der Waals surface area (Å²) in [5.41, 5.74) is -1.95. The molecule has 43 heavy (non-hydrogen) atoms. The zero-order chi connectivity index (χ0) is 31.4. The zero-order valence-corrected chi connectivity index (χ0v) is 22.3. The lowest BCUT2D eigenvalue weighted by molar-refractivity contribution is -0.182. The Balaban J connectivity index is 1.47. The van der Waals surface area contributed by atoms with E-state index in [1.165, 1.54) is 30.5 Å². The second kappa shape index (κ2) is 10.4. The Morgan fingerprint density at radius 1 is 1.05 bits per heavy atom. The van der Waals surface area contributed by atoms with E-state index in [2.05, 4.69) is 30.9 Å². The van der Waals surface area contributed by atoms with Crippen LogP contribution >= 0.6 is 11.6 Å². The third-order valence-corrected chi connectivity index (χ3v) is 7.24. The number of nitrogens with zero attached hydrogens (tertiary/aromatic N) is 6. The van der Waals surface area contributed by atoms with E-state index in [-0.39, 0.29) is 62.7 Å². The Kier molecular flexibility index (Phi) is 6.54. The van der Waals surface area contributed by atoms with Gasteiger partial charge >= 0.3 is 6.18 Å². The van der Waals surface area contributed by atoms with Crippen molar-refractivity contribution < 1.29 is 27.7 Å². The maximum absolute atomic E-state index is 13.9. The van der Waals surface area contributed by atoms with Crippen molar-refractivity contribution in [3.63, 3.8) is 0 Å². The van der Waals surface area contributed by atoms with E-state index < -0.39 is 35.3 Å². The molecular formula is C28H17ClF6N8. The van der Waals surface area contributed by atoms with Crippen LogP contribution in [0.1, 0.15) is 37.1 Å². The summed E-state index contributed by atoms with van der Waals surface area (Å²) in [5.74, 6) is -3.17. The van der Waals surface area contributed by atoms with Crippen LogP contribution in [0, 0.1) is 28.9 Å². The molecule has 0 aliphatic heterocycles. The standard InChI is InChI=1S/C28H17ClF6N8/c29-20-8-17(7-19-23(15(10-36)11-37-25(19)20)40-18-9-21(31)26(32)38-12-18)39-24(14-1-3-16(30)4-2-14)22-13-43(42-41-22)27(5-6-27)28(33,34)35/h1-4,7-9,11-13,24,39H,5-6H2,(H,37,40)/i24D. The summed E-state index contributed by atoms with van der Waals surface area (Å²) in [4.78, 5) is 7.54. The van der Waals surface area contributed by atoms with Crippen molar-refractivity contribution in [3.8, 4) is 6.07 Å². The summed E-state index contributed by atoms with van der Waals surface area (Å²) in [6.45, 7) is 0. The lowest BCUT2D eigenvalue weighted by Gasteiger charge is -2.21. The molecule has 6 rings (SSSR count). The normalized spacial score (nSPS) is 15.8. The topological polar surface area (TPSA) is 104 Å². The third-order valence-electron chi connectivity index (χ3n) is 6.95. The quantitative estimate of drug-likeness (QED) is 0.148. The van der Waals surface area contributed by atoms with E-state index in [9.17, 15) is 33.0 Å². The number of pyridine rings is 2. The van der Waals surface area contributed by atoms with Crippen LogP contribution in [0.3, 0.4) is 0 Å². The van der Waals surface area contributed by atoms with Crippen LogP contribution in [0.4, 0.5) is 43.4 Å². The van der Waals surface area contributed by atoms with Crippen molar-refractivity contribution in [2.75, 3.05) is 10.6 Å². The summed E-state index contributed by atoms with van der Waals surface area (Å²) < 4.78 is 92.6. The maximum atomic E-state index is 13.9. The number of nitriles is 1. The monoisotopic (exact) mass is 615 g/mol. The van der Waals surface area contributed by atoms with Crippen LogP contribution in [0.2, 0.25) is 5.02 Å². The second-order valence-corrected chi connectivity index (χ2v) is 10.1. The molecule has 0 spiro atoms. The molecule has 1 fully saturated rings. The first-order chi connectivity index (χ1) is 20.8. The van der Waals surface area contributed by atoms with Crippen LogP contribution in [-0.4, -0.2) is 31.1 Å². The van der Waals surface area contributed by atoms with Crippen molar-refractivity contribution in [1.29, 1.82) is 5.26 Å². The molecule has 15 heteroatoms. The molecule has 8 nitrogen and oxygen atoms in total. The SMILES string of the molecule is [2H]C(Nc1cc(Cl)c2ncc(C#N)c(Nc3cnc(F)c(F)c3)c2c1)(c1ccc(F)cc1)c1cn(C2(C(F)(F)F)CC2)nn1. The largest absolute Gasteiger partial charge is 0.413 e. The summed E-state index contributed by atoms with van der Waals surface area (Å²) in [6.07, 6.45) is -1.76. The molecule has 1 aliphatic rings. The molecule has 0 bridgehead atoms. The first kappa shape index (κ1) is 27.0. The molecule has 1 aliphatic carbocycles. The minimum Gasteiger partial charge on any atom is -0.373 e. The average Bonchev–Trinajstić information content (AvgIpc) is 3.65. The van der Waals surface area contributed by atoms with E-state index in [4.69, 9.17) is 11.6 Å². The van der Waals surface area contributed by atoms with Gasteiger partial charge in [-0.3, -0.25) is 4.98 Å². The zero-order valence-electron chi connectivity index (χ0n) is 22.5. The minimum atomic E-state index is -4.60. The van der Waals surface area contributed by atoms with Gasteiger partial charge in [-0.25, -0.2) is 18.4 Å². The smallest absolute Gasteiger partial charge is 0.373 e. The predicted octanol–water partition coefficient (Wildman–Crippen LogP) is 7.16. The van der Waals surface area contributed by atoms with Gasteiger partial charge in [0.2, 0.25) is 5.95 Å². The average molecular weight is 616 g/mol. The number of hydrogen-bond acceptors (Lipinski definition) is 7. The van der Waals surface area contributed by atoms with Gasteiger partial charge in [-0.05, 0) is 42.7 Å². The van der Waals surface area contributed by atoms with Gasteiger partial charge in [0.1, 0.15) is 17.6 Å². The Morgan fingerprint density at radius 3 is 2.44 bits per heavy atom. The fraction of sp³-hybridized carbons (Fsp3) is 0.179. The molecule has 218 valence electrons. The fourth-order valence-electron chi connectivity index (χ4n) is 4.58. The number of aromatic nitrogens is 5. The van der Waals surface area contributed by atoms with E-state index in [1.54, 1.807) is 0 Å². The van der Waals surface area contributed by atoms with Crippen LogP contribution in [0.5, 0.6) is 0 Å². The van der Waals surface area contributed by atoms with Gasteiger partial charge < -0.3 is 10.6 Å². The van der Waals surface area contributed by atoms with Gasteiger partial charge in [0, 0.05) is 23.3 Å². The van der Waals surface area contributed by atoms with Crippen molar-refractivity contribution >= 4 is 39.6 Å². The molecule has 1 atom stereocenters. The molecule has 2 aromatic carbocycles. The minimum absolute atomic E-state index is 0.00109. The molecule has 5 aromatic rings. The highest BCUT2D eigenvalue weighted by atomic mass is 35.5. The molecule has 0 saturated heterocycles. The molecule has 0 amide bonds. The number of halogens is 7. The lowest BCUT2D eigenvalue weighted by atomic mass is 10.0. The first-order valence-corrected chi connectivity index (χ1v) is 12.9. The summed E-state index contributed by atoms with van der Waals surface area (Å²) in [7, 11) is 0. The number of anilines is 3. The van der Waals surface area contributed by atoms with E-state index in [0.29, 0.717) is 4.68 Å². The van der Waals surface area contributed by atoms with Gasteiger partial charge in [-0.15, -0.1) is 5.10 Å². The highest BCUT2D eigenvalue weighted by Crippen LogP contribution is 2.55. The highest BCUT2D eigenvalue weighted by Gasteiger charge is 2.66. The second-order valence-electron chi connectivity index (χ2n) is 9.72. The van der Waals surface area contributed by atoms with Crippen molar-refractivity contribution in [2.45, 2.75) is 30.6 Å². The van der Waals surface area contributed by atoms with Gasteiger partial charge in [0.15, 0.2) is 11.4 Å². The van der Waals surface area contributed by atoms with E-state index >= 15 is 0 Å². The van der Waals surface area contributed by atoms with Crippen molar-refractivity contribution in [1.82, 2.24) is 25.0 Å². The molecule has 3 heterocycles. The number of nitrogens with one attached hydrogen (secondary N) is 2. The van der Waals surface area contributed by atoms with Gasteiger partial charge in [-0.2, -0.15) is 22.8 Å². The maximum Gasteiger partial charge on any atom is 0.413 e. The number of rotatable bonds is 7. The molecular weight excluding hydrogens is 598 g/mol. The van der Waals surface area contributed by atoms with Gasteiger partial charge in [0.25, 0.3) is 0 Å². The van der Waals surface area contributed by atoms with Crippen LogP contribution in [-0.2, 0) is 5.54 Å². The summed E-state index contributed by atoms with van der Waals surface area (Å²) >= 11 is 6.54. The Labute approximate surface area is 245 Å². The van der Waals surface area contributed by atoms with Gasteiger partial charge in [-0.1, -0.05) is 28.9 Å². The van der Waals surface area contributed by atoms with Crippen molar-refractivity contribution in [3.05, 3.63) is 100 Å². The Hall–Kier alpha value is -4.90. The molecule has 1 saturated carbocycles. The predicted molar refractivity (Wildman–Crippen MR) is 144 cm³/mol. The highest BCUT2D eigenvalue weighted by molar-refractivity contribution is 6.36.